The standard InChI is InChI=1S/C19H31NO/c1-7-19(5,15-20-12-13-21-6)14-16-8-10-17(11-9-16)18(2,3)4/h7-11,20H,1,12-15H2,2-6H3. The molecule has 1 unspecified atom stereocenters. The first-order chi connectivity index (χ1) is 9.80. The third-order valence-electron chi connectivity index (χ3n) is 3.93. The van der Waals surface area contributed by atoms with E-state index in [1.165, 1.54) is 11.1 Å². The highest BCUT2D eigenvalue weighted by Gasteiger charge is 2.21. The second-order valence-corrected chi connectivity index (χ2v) is 7.15. The molecule has 2 heteroatoms. The summed E-state index contributed by atoms with van der Waals surface area (Å²) in [5, 5.41) is 3.44. The summed E-state index contributed by atoms with van der Waals surface area (Å²) in [6.07, 6.45) is 3.06. The van der Waals surface area contributed by atoms with Crippen LogP contribution in [-0.4, -0.2) is 26.8 Å². The van der Waals surface area contributed by atoms with Gasteiger partial charge in [-0.2, -0.15) is 0 Å². The van der Waals surface area contributed by atoms with Crippen LogP contribution in [0.1, 0.15) is 38.8 Å². The first kappa shape index (κ1) is 17.9. The van der Waals surface area contributed by atoms with Crippen molar-refractivity contribution in [1.82, 2.24) is 5.32 Å². The second kappa shape index (κ2) is 7.77. The van der Waals surface area contributed by atoms with E-state index < -0.39 is 0 Å². The maximum absolute atomic E-state index is 5.07. The molecule has 1 atom stereocenters. The SMILES string of the molecule is C=CC(C)(CNCCOC)Cc1ccc(C(C)(C)C)cc1. The molecular formula is C19H31NO. The predicted molar refractivity (Wildman–Crippen MR) is 91.9 cm³/mol. The van der Waals surface area contributed by atoms with Crippen molar-refractivity contribution in [1.29, 1.82) is 0 Å². The first-order valence-electron chi connectivity index (χ1n) is 7.73. The van der Waals surface area contributed by atoms with Crippen LogP contribution in [0.15, 0.2) is 36.9 Å². The Kier molecular flexibility index (Phi) is 6.63. The van der Waals surface area contributed by atoms with Gasteiger partial charge < -0.3 is 10.1 Å². The van der Waals surface area contributed by atoms with E-state index in [0.717, 1.165) is 26.1 Å². The minimum atomic E-state index is 0.0665. The normalized spacial score (nSPS) is 14.7. The molecule has 1 N–H and O–H groups in total. The molecule has 21 heavy (non-hydrogen) atoms. The molecule has 0 aliphatic carbocycles. The summed E-state index contributed by atoms with van der Waals surface area (Å²) in [6, 6.07) is 8.99. The van der Waals surface area contributed by atoms with Gasteiger partial charge >= 0.3 is 0 Å². The van der Waals surface area contributed by atoms with Crippen molar-refractivity contribution < 1.29 is 4.74 Å². The molecule has 0 aliphatic heterocycles. The van der Waals surface area contributed by atoms with Crippen LogP contribution in [0.5, 0.6) is 0 Å². The summed E-state index contributed by atoms with van der Waals surface area (Å²) in [7, 11) is 1.73. The van der Waals surface area contributed by atoms with Gasteiger partial charge in [0.1, 0.15) is 0 Å². The lowest BCUT2D eigenvalue weighted by Gasteiger charge is -2.27. The fraction of sp³-hybridized carbons (Fsp3) is 0.579. The number of hydrogen-bond donors (Lipinski definition) is 1. The molecule has 0 radical (unpaired) electrons. The molecule has 0 spiro atoms. The van der Waals surface area contributed by atoms with Crippen molar-refractivity contribution in [3.63, 3.8) is 0 Å². The number of benzene rings is 1. The zero-order valence-electron chi connectivity index (χ0n) is 14.3. The molecule has 2 nitrogen and oxygen atoms in total. The van der Waals surface area contributed by atoms with E-state index in [2.05, 4.69) is 69.9 Å². The highest BCUT2D eigenvalue weighted by Crippen LogP contribution is 2.26. The second-order valence-electron chi connectivity index (χ2n) is 7.15. The van der Waals surface area contributed by atoms with E-state index >= 15 is 0 Å². The Hall–Kier alpha value is -1.12. The number of nitrogens with one attached hydrogen (secondary N) is 1. The summed E-state index contributed by atoms with van der Waals surface area (Å²) < 4.78 is 5.07. The van der Waals surface area contributed by atoms with Gasteiger partial charge in [-0.25, -0.2) is 0 Å². The number of methoxy groups -OCH3 is 1. The zero-order valence-corrected chi connectivity index (χ0v) is 14.3. The maximum atomic E-state index is 5.07. The van der Waals surface area contributed by atoms with Crippen molar-refractivity contribution in [2.75, 3.05) is 26.8 Å². The minimum Gasteiger partial charge on any atom is -0.383 e. The maximum Gasteiger partial charge on any atom is 0.0587 e. The summed E-state index contributed by atoms with van der Waals surface area (Å²) in [4.78, 5) is 0. The van der Waals surface area contributed by atoms with Gasteiger partial charge in [0.25, 0.3) is 0 Å². The van der Waals surface area contributed by atoms with Crippen LogP contribution >= 0.6 is 0 Å². The smallest absolute Gasteiger partial charge is 0.0587 e. The van der Waals surface area contributed by atoms with E-state index in [0.29, 0.717) is 0 Å². The van der Waals surface area contributed by atoms with Gasteiger partial charge in [0, 0.05) is 25.6 Å². The van der Waals surface area contributed by atoms with Gasteiger partial charge in [-0.1, -0.05) is 58.0 Å². The van der Waals surface area contributed by atoms with Crippen molar-refractivity contribution in [2.45, 2.75) is 39.5 Å². The van der Waals surface area contributed by atoms with E-state index in [9.17, 15) is 0 Å². The van der Waals surface area contributed by atoms with Crippen LogP contribution < -0.4 is 5.32 Å². The van der Waals surface area contributed by atoms with Gasteiger partial charge in [0.05, 0.1) is 6.61 Å². The molecule has 0 fully saturated rings. The summed E-state index contributed by atoms with van der Waals surface area (Å²) in [5.41, 5.74) is 3.02. The molecule has 0 aromatic heterocycles. The van der Waals surface area contributed by atoms with Crippen LogP contribution in [0.25, 0.3) is 0 Å². The average Bonchev–Trinajstić information content (AvgIpc) is 2.43. The van der Waals surface area contributed by atoms with Crippen molar-refractivity contribution >= 4 is 0 Å². The molecule has 0 amide bonds. The van der Waals surface area contributed by atoms with E-state index in [1.54, 1.807) is 7.11 Å². The van der Waals surface area contributed by atoms with E-state index in [4.69, 9.17) is 4.74 Å². The lowest BCUT2D eigenvalue weighted by molar-refractivity contribution is 0.196. The lowest BCUT2D eigenvalue weighted by atomic mass is 9.82. The van der Waals surface area contributed by atoms with E-state index in [1.807, 2.05) is 0 Å². The highest BCUT2D eigenvalue weighted by atomic mass is 16.5. The van der Waals surface area contributed by atoms with Crippen LogP contribution in [0, 0.1) is 5.41 Å². The third-order valence-corrected chi connectivity index (χ3v) is 3.93. The lowest BCUT2D eigenvalue weighted by Crippen LogP contribution is -2.33. The Morgan fingerprint density at radius 3 is 2.24 bits per heavy atom. The van der Waals surface area contributed by atoms with E-state index in [-0.39, 0.29) is 10.8 Å². The number of ether oxygens (including phenoxy) is 1. The third kappa shape index (κ3) is 6.03. The van der Waals surface area contributed by atoms with Gasteiger partial charge in [-0.15, -0.1) is 6.58 Å². The fourth-order valence-corrected chi connectivity index (χ4v) is 2.34. The predicted octanol–water partition coefficient (Wildman–Crippen LogP) is 3.95. The molecule has 1 aromatic carbocycles. The Morgan fingerprint density at radius 1 is 1.14 bits per heavy atom. The Bertz CT molecular complexity index is 430. The molecule has 0 heterocycles. The van der Waals surface area contributed by atoms with Crippen LogP contribution in [0.4, 0.5) is 0 Å². The van der Waals surface area contributed by atoms with Crippen molar-refractivity contribution in [2.24, 2.45) is 5.41 Å². The highest BCUT2D eigenvalue weighted by molar-refractivity contribution is 5.28. The summed E-state index contributed by atoms with van der Waals surface area (Å²) in [6.45, 7) is 15.5. The van der Waals surface area contributed by atoms with Crippen molar-refractivity contribution in [3.05, 3.63) is 48.0 Å². The number of hydrogen-bond acceptors (Lipinski definition) is 2. The Morgan fingerprint density at radius 2 is 1.76 bits per heavy atom. The topological polar surface area (TPSA) is 21.3 Å². The summed E-state index contributed by atoms with van der Waals surface area (Å²) >= 11 is 0. The fourth-order valence-electron chi connectivity index (χ4n) is 2.34. The first-order valence-corrected chi connectivity index (χ1v) is 7.73. The number of rotatable bonds is 8. The molecular weight excluding hydrogens is 258 g/mol. The molecule has 0 aliphatic rings. The van der Waals surface area contributed by atoms with Crippen molar-refractivity contribution in [3.8, 4) is 0 Å². The van der Waals surface area contributed by atoms with Gasteiger partial charge in [0.2, 0.25) is 0 Å². The Balaban J connectivity index is 2.66. The minimum absolute atomic E-state index is 0.0665. The zero-order chi connectivity index (χ0) is 15.9. The van der Waals surface area contributed by atoms with Crippen LogP contribution in [-0.2, 0) is 16.6 Å². The molecule has 0 saturated heterocycles. The van der Waals surface area contributed by atoms with Gasteiger partial charge in [0.15, 0.2) is 0 Å². The van der Waals surface area contributed by atoms with Crippen LogP contribution in [0.3, 0.4) is 0 Å². The molecule has 1 aromatic rings. The van der Waals surface area contributed by atoms with Crippen LogP contribution in [0.2, 0.25) is 0 Å². The quantitative estimate of drug-likeness (QED) is 0.578. The van der Waals surface area contributed by atoms with Gasteiger partial charge in [-0.05, 0) is 23.0 Å². The largest absolute Gasteiger partial charge is 0.383 e. The molecule has 0 saturated carbocycles. The average molecular weight is 289 g/mol. The summed E-state index contributed by atoms with van der Waals surface area (Å²) in [5.74, 6) is 0. The Labute approximate surface area is 130 Å². The monoisotopic (exact) mass is 289 g/mol. The van der Waals surface area contributed by atoms with Gasteiger partial charge in [-0.3, -0.25) is 0 Å². The molecule has 0 bridgehead atoms. The molecule has 118 valence electrons. The molecule has 1 rings (SSSR count).